The molecule has 1 aliphatic heterocycles. The van der Waals surface area contributed by atoms with Crippen molar-refractivity contribution >= 4 is 27.3 Å². The Labute approximate surface area is 133 Å². The molecule has 2 rings (SSSR count). The van der Waals surface area contributed by atoms with Gasteiger partial charge in [-0.15, -0.1) is 0 Å². The number of hydrogen-bond acceptors (Lipinski definition) is 4. The fourth-order valence-corrected chi connectivity index (χ4v) is 4.36. The standard InChI is InChI=1S/C14H17ClFNO4S/c1-2-17(10-5-6-22(19,20)9-10)14(18)8-21-11-3-4-13(16)12(15)7-11/h3-4,7,10H,2,5-6,8-9H2,1H3. The van der Waals surface area contributed by atoms with Gasteiger partial charge < -0.3 is 9.64 Å². The second kappa shape index (κ2) is 6.83. The van der Waals surface area contributed by atoms with Gasteiger partial charge in [0.1, 0.15) is 11.6 Å². The molecule has 1 atom stereocenters. The van der Waals surface area contributed by atoms with Crippen LogP contribution in [0.5, 0.6) is 5.75 Å². The Kier molecular flexibility index (Phi) is 5.28. The van der Waals surface area contributed by atoms with Crippen LogP contribution in [-0.2, 0) is 14.6 Å². The predicted molar refractivity (Wildman–Crippen MR) is 81.4 cm³/mol. The van der Waals surface area contributed by atoms with Gasteiger partial charge in [-0.2, -0.15) is 0 Å². The highest BCUT2D eigenvalue weighted by molar-refractivity contribution is 7.91. The van der Waals surface area contributed by atoms with Gasteiger partial charge in [-0.3, -0.25) is 4.79 Å². The van der Waals surface area contributed by atoms with Crippen LogP contribution in [0.2, 0.25) is 5.02 Å². The van der Waals surface area contributed by atoms with Crippen LogP contribution >= 0.6 is 11.6 Å². The number of rotatable bonds is 5. The van der Waals surface area contributed by atoms with Gasteiger partial charge in [-0.25, -0.2) is 12.8 Å². The fraction of sp³-hybridized carbons (Fsp3) is 0.500. The topological polar surface area (TPSA) is 63.7 Å². The molecule has 1 aromatic rings. The lowest BCUT2D eigenvalue weighted by atomic mass is 10.2. The van der Waals surface area contributed by atoms with E-state index in [1.807, 2.05) is 0 Å². The van der Waals surface area contributed by atoms with Crippen molar-refractivity contribution in [1.29, 1.82) is 0 Å². The number of amides is 1. The molecule has 8 heteroatoms. The minimum atomic E-state index is -3.06. The lowest BCUT2D eigenvalue weighted by Gasteiger charge is -2.26. The van der Waals surface area contributed by atoms with E-state index in [1.54, 1.807) is 6.92 Å². The van der Waals surface area contributed by atoms with Crippen molar-refractivity contribution in [2.24, 2.45) is 0 Å². The molecule has 22 heavy (non-hydrogen) atoms. The van der Waals surface area contributed by atoms with E-state index < -0.39 is 15.7 Å². The fourth-order valence-electron chi connectivity index (χ4n) is 2.45. The summed E-state index contributed by atoms with van der Waals surface area (Å²) >= 11 is 5.64. The smallest absolute Gasteiger partial charge is 0.260 e. The SMILES string of the molecule is CCN(C(=O)COc1ccc(F)c(Cl)c1)C1CCS(=O)(=O)C1. The van der Waals surface area contributed by atoms with Gasteiger partial charge in [0.25, 0.3) is 5.91 Å². The third-order valence-electron chi connectivity index (χ3n) is 3.56. The van der Waals surface area contributed by atoms with Gasteiger partial charge in [0.2, 0.25) is 0 Å². The summed E-state index contributed by atoms with van der Waals surface area (Å²) < 4.78 is 41.4. The van der Waals surface area contributed by atoms with Gasteiger partial charge in [-0.05, 0) is 25.5 Å². The molecule has 122 valence electrons. The highest BCUT2D eigenvalue weighted by Gasteiger charge is 2.33. The molecule has 1 amide bonds. The minimum Gasteiger partial charge on any atom is -0.484 e. The van der Waals surface area contributed by atoms with Gasteiger partial charge >= 0.3 is 0 Å². The third-order valence-corrected chi connectivity index (χ3v) is 5.60. The van der Waals surface area contributed by atoms with Crippen LogP contribution in [0.25, 0.3) is 0 Å². The molecule has 0 aliphatic carbocycles. The zero-order valence-electron chi connectivity index (χ0n) is 12.1. The summed E-state index contributed by atoms with van der Waals surface area (Å²) in [6, 6.07) is 3.53. The van der Waals surface area contributed by atoms with Gasteiger partial charge in [0.05, 0.1) is 16.5 Å². The first-order valence-corrected chi connectivity index (χ1v) is 9.10. The zero-order chi connectivity index (χ0) is 16.3. The molecule has 1 fully saturated rings. The highest BCUT2D eigenvalue weighted by Crippen LogP contribution is 2.22. The van der Waals surface area contributed by atoms with Crippen LogP contribution in [0.1, 0.15) is 13.3 Å². The largest absolute Gasteiger partial charge is 0.484 e. The first-order valence-electron chi connectivity index (χ1n) is 6.90. The third kappa shape index (κ3) is 4.10. The molecular weight excluding hydrogens is 333 g/mol. The van der Waals surface area contributed by atoms with Crippen molar-refractivity contribution in [2.75, 3.05) is 24.7 Å². The summed E-state index contributed by atoms with van der Waals surface area (Å²) in [7, 11) is -3.06. The van der Waals surface area contributed by atoms with E-state index in [0.29, 0.717) is 13.0 Å². The predicted octanol–water partition coefficient (Wildman–Crippen LogP) is 1.89. The van der Waals surface area contributed by atoms with Crippen molar-refractivity contribution in [2.45, 2.75) is 19.4 Å². The number of carbonyl (C=O) groups is 1. The summed E-state index contributed by atoms with van der Waals surface area (Å²) in [5, 5.41) is -0.0841. The van der Waals surface area contributed by atoms with Crippen molar-refractivity contribution in [1.82, 2.24) is 4.90 Å². The Morgan fingerprint density at radius 2 is 2.23 bits per heavy atom. The van der Waals surface area contributed by atoms with Gasteiger partial charge in [-0.1, -0.05) is 11.6 Å². The summed E-state index contributed by atoms with van der Waals surface area (Å²) in [5.74, 6) is -0.475. The zero-order valence-corrected chi connectivity index (χ0v) is 13.7. The molecule has 0 aromatic heterocycles. The van der Waals surface area contributed by atoms with E-state index in [2.05, 4.69) is 0 Å². The maximum atomic E-state index is 13.0. The first-order chi connectivity index (χ1) is 10.3. The van der Waals surface area contributed by atoms with Crippen molar-refractivity contribution < 1.29 is 22.3 Å². The normalized spacial score (nSPS) is 19.9. The monoisotopic (exact) mass is 349 g/mol. The van der Waals surface area contributed by atoms with E-state index in [4.69, 9.17) is 16.3 Å². The van der Waals surface area contributed by atoms with E-state index in [0.717, 1.165) is 6.07 Å². The second-order valence-corrected chi connectivity index (χ2v) is 7.74. The van der Waals surface area contributed by atoms with Crippen LogP contribution < -0.4 is 4.74 Å². The molecule has 1 aromatic carbocycles. The molecule has 0 bridgehead atoms. The Morgan fingerprint density at radius 1 is 1.50 bits per heavy atom. The number of likely N-dealkylation sites (N-methyl/N-ethyl adjacent to an activating group) is 1. The Balaban J connectivity index is 1.96. The van der Waals surface area contributed by atoms with Crippen LogP contribution in [0.4, 0.5) is 4.39 Å². The van der Waals surface area contributed by atoms with Gasteiger partial charge in [0.15, 0.2) is 16.4 Å². The van der Waals surface area contributed by atoms with Crippen LogP contribution in [0.3, 0.4) is 0 Å². The van der Waals surface area contributed by atoms with E-state index in [1.165, 1.54) is 17.0 Å². The summed E-state index contributed by atoms with van der Waals surface area (Å²) in [5.41, 5.74) is 0. The average Bonchev–Trinajstić information content (AvgIpc) is 2.81. The molecule has 5 nitrogen and oxygen atoms in total. The lowest BCUT2D eigenvalue weighted by molar-refractivity contribution is -0.135. The molecule has 0 N–H and O–H groups in total. The first kappa shape index (κ1) is 17.0. The number of sulfone groups is 1. The maximum Gasteiger partial charge on any atom is 0.260 e. The second-order valence-electron chi connectivity index (χ2n) is 5.10. The molecule has 1 unspecified atom stereocenters. The van der Waals surface area contributed by atoms with Crippen molar-refractivity contribution in [3.63, 3.8) is 0 Å². The number of nitrogens with zero attached hydrogens (tertiary/aromatic N) is 1. The molecule has 1 saturated heterocycles. The number of halogens is 2. The summed E-state index contributed by atoms with van der Waals surface area (Å²) in [6.07, 6.45) is 0.449. The maximum absolute atomic E-state index is 13.0. The molecular formula is C14H17ClFNO4S. The quantitative estimate of drug-likeness (QED) is 0.814. The lowest BCUT2D eigenvalue weighted by Crippen LogP contribution is -2.43. The highest BCUT2D eigenvalue weighted by atomic mass is 35.5. The Morgan fingerprint density at radius 3 is 2.77 bits per heavy atom. The van der Waals surface area contributed by atoms with Crippen molar-refractivity contribution in [3.05, 3.63) is 29.0 Å². The molecule has 1 aliphatic rings. The number of carbonyl (C=O) groups excluding carboxylic acids is 1. The summed E-state index contributed by atoms with van der Waals surface area (Å²) in [4.78, 5) is 13.7. The molecule has 0 radical (unpaired) electrons. The van der Waals surface area contributed by atoms with Crippen LogP contribution in [-0.4, -0.2) is 49.9 Å². The van der Waals surface area contributed by atoms with Gasteiger partial charge in [0, 0.05) is 18.7 Å². The summed E-state index contributed by atoms with van der Waals surface area (Å²) in [6.45, 7) is 1.95. The van der Waals surface area contributed by atoms with Crippen molar-refractivity contribution in [3.8, 4) is 5.75 Å². The van der Waals surface area contributed by atoms with E-state index in [-0.39, 0.29) is 40.8 Å². The average molecular weight is 350 g/mol. The van der Waals surface area contributed by atoms with Crippen LogP contribution in [0, 0.1) is 5.82 Å². The molecule has 0 saturated carbocycles. The Bertz CT molecular complexity index is 665. The minimum absolute atomic E-state index is 0.00500. The number of hydrogen-bond donors (Lipinski definition) is 0. The molecule has 0 spiro atoms. The molecule has 1 heterocycles. The number of benzene rings is 1. The Hall–Kier alpha value is -1.34. The van der Waals surface area contributed by atoms with Crippen LogP contribution in [0.15, 0.2) is 18.2 Å². The van der Waals surface area contributed by atoms with E-state index >= 15 is 0 Å². The van der Waals surface area contributed by atoms with E-state index in [9.17, 15) is 17.6 Å². The number of ether oxygens (including phenoxy) is 1.